The number of carbonyl (C=O) groups is 2. The Bertz CT molecular complexity index is 1400. The number of benzene rings is 2. The minimum Gasteiger partial charge on any atom is -0.461 e. The summed E-state index contributed by atoms with van der Waals surface area (Å²) in [4.78, 5) is 27.1. The van der Waals surface area contributed by atoms with Crippen molar-refractivity contribution < 1.29 is 23.8 Å². The maximum Gasteiger partial charge on any atom is 0.410 e. The summed E-state index contributed by atoms with van der Waals surface area (Å²) in [6, 6.07) is 18.8. The number of likely N-dealkylation sites (tertiary alicyclic amines) is 1. The van der Waals surface area contributed by atoms with E-state index in [-0.39, 0.29) is 35.4 Å². The van der Waals surface area contributed by atoms with Crippen molar-refractivity contribution in [2.75, 3.05) is 19.7 Å². The van der Waals surface area contributed by atoms with Crippen LogP contribution >= 0.6 is 0 Å². The second-order valence-electron chi connectivity index (χ2n) is 11.2. The summed E-state index contributed by atoms with van der Waals surface area (Å²) in [6.45, 7) is 8.68. The van der Waals surface area contributed by atoms with E-state index in [0.717, 1.165) is 18.6 Å². The SMILES string of the molecule is CCOC(=O)c1c(C#N)c(-c2ccc(Oc3ccccc3)cc2)nn1C1CC2(C1)CN(C(=O)OC(C)(C)C)C2. The van der Waals surface area contributed by atoms with Crippen LogP contribution in [-0.2, 0) is 9.47 Å². The van der Waals surface area contributed by atoms with Gasteiger partial charge in [0.05, 0.1) is 12.6 Å². The summed E-state index contributed by atoms with van der Waals surface area (Å²) in [6.07, 6.45) is 1.18. The Kier molecular flexibility index (Phi) is 6.81. The molecule has 5 rings (SSSR count). The predicted octanol–water partition coefficient (Wildman–Crippen LogP) is 5.96. The molecule has 3 aromatic rings. The Morgan fingerprint density at radius 1 is 1.05 bits per heavy atom. The first-order valence-corrected chi connectivity index (χ1v) is 13.1. The molecule has 2 fully saturated rings. The van der Waals surface area contributed by atoms with E-state index in [2.05, 4.69) is 6.07 Å². The van der Waals surface area contributed by atoms with Gasteiger partial charge in [0.25, 0.3) is 0 Å². The number of amides is 1. The van der Waals surface area contributed by atoms with Crippen LogP contribution in [0.4, 0.5) is 4.79 Å². The number of rotatable bonds is 6. The number of nitriles is 1. The first-order chi connectivity index (χ1) is 18.6. The van der Waals surface area contributed by atoms with Crippen molar-refractivity contribution in [1.29, 1.82) is 5.26 Å². The number of hydrogen-bond donors (Lipinski definition) is 0. The molecule has 2 heterocycles. The van der Waals surface area contributed by atoms with E-state index in [1.54, 1.807) is 16.5 Å². The fourth-order valence-corrected chi connectivity index (χ4v) is 5.30. The van der Waals surface area contributed by atoms with Crippen molar-refractivity contribution in [3.05, 3.63) is 65.9 Å². The molecule has 9 heteroatoms. The molecule has 0 bridgehead atoms. The Morgan fingerprint density at radius 3 is 2.28 bits per heavy atom. The van der Waals surface area contributed by atoms with E-state index in [1.165, 1.54) is 0 Å². The molecular weight excluding hydrogens is 496 g/mol. The summed E-state index contributed by atoms with van der Waals surface area (Å²) in [5, 5.41) is 14.8. The average Bonchev–Trinajstić information content (AvgIpc) is 3.22. The minimum absolute atomic E-state index is 0.0250. The van der Waals surface area contributed by atoms with Gasteiger partial charge in [-0.05, 0) is 76.9 Å². The van der Waals surface area contributed by atoms with Crippen LogP contribution in [0.15, 0.2) is 54.6 Å². The van der Waals surface area contributed by atoms with Crippen LogP contribution < -0.4 is 4.74 Å². The summed E-state index contributed by atoms with van der Waals surface area (Å²) >= 11 is 0. The van der Waals surface area contributed by atoms with E-state index in [0.29, 0.717) is 30.1 Å². The van der Waals surface area contributed by atoms with E-state index < -0.39 is 11.6 Å². The second-order valence-corrected chi connectivity index (χ2v) is 11.2. The molecule has 2 aromatic carbocycles. The topological polar surface area (TPSA) is 107 Å². The van der Waals surface area contributed by atoms with Gasteiger partial charge in [0.15, 0.2) is 5.69 Å². The Balaban J connectivity index is 1.36. The molecule has 1 saturated carbocycles. The molecule has 1 amide bonds. The minimum atomic E-state index is -0.568. The molecule has 1 aromatic heterocycles. The van der Waals surface area contributed by atoms with Crippen molar-refractivity contribution in [2.45, 2.75) is 52.2 Å². The van der Waals surface area contributed by atoms with Crippen LogP contribution in [-0.4, -0.2) is 52.0 Å². The van der Waals surface area contributed by atoms with E-state index in [1.807, 2.05) is 75.4 Å². The zero-order valence-corrected chi connectivity index (χ0v) is 22.6. The lowest BCUT2D eigenvalue weighted by atomic mass is 9.60. The largest absolute Gasteiger partial charge is 0.461 e. The fourth-order valence-electron chi connectivity index (χ4n) is 5.30. The number of nitrogens with zero attached hydrogens (tertiary/aromatic N) is 4. The number of hydrogen-bond acceptors (Lipinski definition) is 7. The van der Waals surface area contributed by atoms with Gasteiger partial charge < -0.3 is 19.1 Å². The van der Waals surface area contributed by atoms with Gasteiger partial charge in [-0.25, -0.2) is 9.59 Å². The predicted molar refractivity (Wildman–Crippen MR) is 143 cm³/mol. The van der Waals surface area contributed by atoms with Gasteiger partial charge in [0, 0.05) is 24.1 Å². The molecule has 9 nitrogen and oxygen atoms in total. The maximum atomic E-state index is 13.0. The summed E-state index contributed by atoms with van der Waals surface area (Å²) in [7, 11) is 0. The van der Waals surface area contributed by atoms with Crippen molar-refractivity contribution >= 4 is 12.1 Å². The van der Waals surface area contributed by atoms with Crippen LogP contribution in [0.3, 0.4) is 0 Å². The molecule has 1 aliphatic carbocycles. The standard InChI is InChI=1S/C30H32N4O5/c1-5-37-27(35)26-24(17-31)25(20-11-13-23(14-12-20)38-22-9-7-6-8-10-22)32-34(26)21-15-30(16-21)18-33(19-30)28(36)39-29(2,3)4/h6-14,21H,5,15-16,18-19H2,1-4H3. The highest BCUT2D eigenvalue weighted by Gasteiger charge is 2.56. The summed E-state index contributed by atoms with van der Waals surface area (Å²) in [5.74, 6) is 0.799. The van der Waals surface area contributed by atoms with Crippen LogP contribution in [0.5, 0.6) is 11.5 Å². The zero-order valence-electron chi connectivity index (χ0n) is 22.6. The fraction of sp³-hybridized carbons (Fsp3) is 0.400. The summed E-state index contributed by atoms with van der Waals surface area (Å²) in [5.41, 5.74) is 0.920. The first kappa shape index (κ1) is 26.3. The Morgan fingerprint density at radius 2 is 1.69 bits per heavy atom. The zero-order chi connectivity index (χ0) is 27.8. The lowest BCUT2D eigenvalue weighted by Gasteiger charge is -2.58. The van der Waals surface area contributed by atoms with Crippen LogP contribution in [0.1, 0.15) is 62.6 Å². The molecule has 1 aliphatic heterocycles. The molecule has 0 N–H and O–H groups in total. The van der Waals surface area contributed by atoms with Gasteiger partial charge in [-0.1, -0.05) is 18.2 Å². The highest BCUT2D eigenvalue weighted by atomic mass is 16.6. The lowest BCUT2D eigenvalue weighted by Crippen LogP contribution is -2.64. The smallest absolute Gasteiger partial charge is 0.410 e. The van der Waals surface area contributed by atoms with Crippen molar-refractivity contribution in [3.63, 3.8) is 0 Å². The highest BCUT2D eigenvalue weighted by Crippen LogP contribution is 2.55. The van der Waals surface area contributed by atoms with Gasteiger partial charge in [0.1, 0.15) is 34.4 Å². The van der Waals surface area contributed by atoms with Gasteiger partial charge in [-0.2, -0.15) is 10.4 Å². The molecule has 0 unspecified atom stereocenters. The van der Waals surface area contributed by atoms with Crippen LogP contribution in [0, 0.1) is 16.7 Å². The lowest BCUT2D eigenvalue weighted by molar-refractivity contribution is -0.0931. The maximum absolute atomic E-state index is 13.0. The third-order valence-electron chi connectivity index (χ3n) is 6.99. The number of aromatic nitrogens is 2. The van der Waals surface area contributed by atoms with Gasteiger partial charge >= 0.3 is 12.1 Å². The summed E-state index contributed by atoms with van der Waals surface area (Å²) < 4.78 is 18.3. The second kappa shape index (κ2) is 10.1. The average molecular weight is 529 g/mol. The molecule has 39 heavy (non-hydrogen) atoms. The number of esters is 1. The third-order valence-corrected chi connectivity index (χ3v) is 6.99. The molecule has 202 valence electrons. The first-order valence-electron chi connectivity index (χ1n) is 13.1. The van der Waals surface area contributed by atoms with E-state index in [4.69, 9.17) is 19.3 Å². The van der Waals surface area contributed by atoms with Crippen LogP contribution in [0.2, 0.25) is 0 Å². The van der Waals surface area contributed by atoms with E-state index in [9.17, 15) is 14.9 Å². The molecule has 1 spiro atoms. The quantitative estimate of drug-likeness (QED) is 0.363. The Labute approximate surface area is 227 Å². The molecule has 0 radical (unpaired) electrons. The number of ether oxygens (including phenoxy) is 3. The van der Waals surface area contributed by atoms with Crippen molar-refractivity contribution in [3.8, 4) is 28.8 Å². The van der Waals surface area contributed by atoms with Gasteiger partial charge in [-0.15, -0.1) is 0 Å². The molecule has 0 atom stereocenters. The Hall–Kier alpha value is -4.32. The van der Waals surface area contributed by atoms with Crippen molar-refractivity contribution in [2.24, 2.45) is 5.41 Å². The number of para-hydroxylation sites is 1. The van der Waals surface area contributed by atoms with Crippen molar-refractivity contribution in [1.82, 2.24) is 14.7 Å². The van der Waals surface area contributed by atoms with Crippen LogP contribution in [0.25, 0.3) is 11.3 Å². The number of carbonyl (C=O) groups excluding carboxylic acids is 2. The molecular formula is C30H32N4O5. The normalized spacial score (nSPS) is 16.1. The van der Waals surface area contributed by atoms with E-state index >= 15 is 0 Å². The monoisotopic (exact) mass is 528 g/mol. The molecule has 1 saturated heterocycles. The highest BCUT2D eigenvalue weighted by molar-refractivity contribution is 5.93. The third kappa shape index (κ3) is 5.32. The van der Waals surface area contributed by atoms with Gasteiger partial charge in [0.2, 0.25) is 0 Å². The molecule has 2 aliphatic rings. The van der Waals surface area contributed by atoms with Gasteiger partial charge in [-0.3, -0.25) is 4.68 Å².